The first-order valence-electron chi connectivity index (χ1n) is 8.97. The summed E-state index contributed by atoms with van der Waals surface area (Å²) in [6.45, 7) is 2.35. The molecule has 4 nitrogen and oxygen atoms in total. The summed E-state index contributed by atoms with van der Waals surface area (Å²) in [4.78, 5) is 14.2. The van der Waals surface area contributed by atoms with Crippen molar-refractivity contribution in [2.75, 3.05) is 19.6 Å². The van der Waals surface area contributed by atoms with E-state index < -0.39 is 0 Å². The summed E-state index contributed by atoms with van der Waals surface area (Å²) >= 11 is 0. The van der Waals surface area contributed by atoms with E-state index in [-0.39, 0.29) is 12.1 Å². The van der Waals surface area contributed by atoms with Gasteiger partial charge >= 0.3 is 6.09 Å². The summed E-state index contributed by atoms with van der Waals surface area (Å²) in [5.41, 5.74) is 2.20. The first-order chi connectivity index (χ1) is 12.8. The molecule has 1 heterocycles. The topological polar surface area (TPSA) is 41.6 Å². The Labute approximate surface area is 153 Å². The Bertz CT molecular complexity index is 895. The van der Waals surface area contributed by atoms with E-state index in [1.54, 1.807) is 4.90 Å². The molecule has 1 atom stereocenters. The van der Waals surface area contributed by atoms with Gasteiger partial charge in [0.05, 0.1) is 6.04 Å². The Hall–Kier alpha value is -2.85. The highest BCUT2D eigenvalue weighted by Crippen LogP contribution is 2.23. The normalized spacial score (nSPS) is 17.2. The van der Waals surface area contributed by atoms with Crippen LogP contribution in [0.3, 0.4) is 0 Å². The van der Waals surface area contributed by atoms with E-state index in [1.807, 2.05) is 42.5 Å². The van der Waals surface area contributed by atoms with Crippen LogP contribution >= 0.6 is 0 Å². The SMILES string of the molecule is O=C(OCc1ccccc1)N1CCN[C@H](c2ccc3ccccc3c2)C1. The van der Waals surface area contributed by atoms with Crippen LogP contribution in [0.25, 0.3) is 10.8 Å². The van der Waals surface area contributed by atoms with Crippen LogP contribution in [0.2, 0.25) is 0 Å². The zero-order valence-corrected chi connectivity index (χ0v) is 14.6. The third-order valence-electron chi connectivity index (χ3n) is 4.81. The van der Waals surface area contributed by atoms with E-state index in [1.165, 1.54) is 16.3 Å². The molecule has 3 aromatic carbocycles. The van der Waals surface area contributed by atoms with Gasteiger partial charge in [0.1, 0.15) is 6.61 Å². The molecule has 0 spiro atoms. The number of nitrogens with zero attached hydrogens (tertiary/aromatic N) is 1. The summed E-state index contributed by atoms with van der Waals surface area (Å²) < 4.78 is 5.48. The van der Waals surface area contributed by atoms with Gasteiger partial charge in [-0.1, -0.05) is 66.7 Å². The maximum absolute atomic E-state index is 12.4. The molecule has 26 heavy (non-hydrogen) atoms. The molecule has 0 unspecified atom stereocenters. The monoisotopic (exact) mass is 346 g/mol. The highest BCUT2D eigenvalue weighted by Gasteiger charge is 2.25. The van der Waals surface area contributed by atoms with E-state index >= 15 is 0 Å². The minimum absolute atomic E-state index is 0.123. The van der Waals surface area contributed by atoms with Crippen molar-refractivity contribution in [2.45, 2.75) is 12.6 Å². The largest absolute Gasteiger partial charge is 0.445 e. The van der Waals surface area contributed by atoms with Crippen LogP contribution < -0.4 is 5.32 Å². The van der Waals surface area contributed by atoms with E-state index in [9.17, 15) is 4.79 Å². The number of amides is 1. The Balaban J connectivity index is 1.42. The van der Waals surface area contributed by atoms with Gasteiger partial charge in [-0.2, -0.15) is 0 Å². The van der Waals surface area contributed by atoms with Gasteiger partial charge in [0.2, 0.25) is 0 Å². The lowest BCUT2D eigenvalue weighted by Crippen LogP contribution is -2.48. The van der Waals surface area contributed by atoms with Gasteiger partial charge in [-0.05, 0) is 28.0 Å². The molecule has 3 aromatic rings. The molecule has 0 aliphatic carbocycles. The quantitative estimate of drug-likeness (QED) is 0.775. The molecule has 0 aromatic heterocycles. The second-order valence-corrected chi connectivity index (χ2v) is 6.60. The van der Waals surface area contributed by atoms with Crippen molar-refractivity contribution < 1.29 is 9.53 Å². The van der Waals surface area contributed by atoms with Crippen molar-refractivity contribution in [1.82, 2.24) is 10.2 Å². The summed E-state index contributed by atoms with van der Waals surface area (Å²) in [6.07, 6.45) is -0.249. The number of ether oxygens (including phenoxy) is 1. The van der Waals surface area contributed by atoms with E-state index in [0.717, 1.165) is 12.1 Å². The third kappa shape index (κ3) is 3.70. The number of fused-ring (bicyclic) bond motifs is 1. The molecule has 1 aliphatic heterocycles. The van der Waals surface area contributed by atoms with Gasteiger partial charge in [0.25, 0.3) is 0 Å². The first kappa shape index (κ1) is 16.6. The molecular weight excluding hydrogens is 324 g/mol. The molecule has 0 radical (unpaired) electrons. The smallest absolute Gasteiger partial charge is 0.410 e. The van der Waals surface area contributed by atoms with Crippen LogP contribution in [0, 0.1) is 0 Å². The lowest BCUT2D eigenvalue weighted by molar-refractivity contribution is 0.0850. The Morgan fingerprint density at radius 3 is 2.62 bits per heavy atom. The van der Waals surface area contributed by atoms with Crippen molar-refractivity contribution in [2.24, 2.45) is 0 Å². The van der Waals surface area contributed by atoms with Crippen molar-refractivity contribution in [3.63, 3.8) is 0 Å². The fourth-order valence-electron chi connectivity index (χ4n) is 3.37. The van der Waals surface area contributed by atoms with Gasteiger partial charge in [-0.3, -0.25) is 0 Å². The van der Waals surface area contributed by atoms with Gasteiger partial charge in [-0.15, -0.1) is 0 Å². The molecule has 1 fully saturated rings. The van der Waals surface area contributed by atoms with Gasteiger partial charge in [0, 0.05) is 19.6 Å². The van der Waals surface area contributed by atoms with Crippen LogP contribution in [-0.4, -0.2) is 30.6 Å². The lowest BCUT2D eigenvalue weighted by Gasteiger charge is -2.33. The minimum Gasteiger partial charge on any atom is -0.445 e. The van der Waals surface area contributed by atoms with E-state index in [0.29, 0.717) is 19.7 Å². The standard InChI is InChI=1S/C22H22N2O2/c25-22(26-16-17-6-2-1-3-7-17)24-13-12-23-21(15-24)20-11-10-18-8-4-5-9-19(18)14-20/h1-11,14,21,23H,12-13,15-16H2/t21-/m0/s1. The van der Waals surface area contributed by atoms with Gasteiger partial charge in [-0.25, -0.2) is 4.79 Å². The lowest BCUT2D eigenvalue weighted by atomic mass is 10.0. The van der Waals surface area contributed by atoms with Crippen LogP contribution in [0.1, 0.15) is 17.2 Å². The molecule has 1 saturated heterocycles. The van der Waals surface area contributed by atoms with Crippen LogP contribution in [0.5, 0.6) is 0 Å². The molecule has 132 valence electrons. The fourth-order valence-corrected chi connectivity index (χ4v) is 3.37. The minimum atomic E-state index is -0.249. The maximum Gasteiger partial charge on any atom is 0.410 e. The number of benzene rings is 3. The van der Waals surface area contributed by atoms with Gasteiger partial charge < -0.3 is 15.0 Å². The number of piperazine rings is 1. The molecule has 0 saturated carbocycles. The number of rotatable bonds is 3. The molecule has 1 amide bonds. The van der Waals surface area contributed by atoms with Crippen molar-refractivity contribution in [1.29, 1.82) is 0 Å². The molecule has 4 heteroatoms. The molecule has 1 N–H and O–H groups in total. The Kier molecular flexibility index (Phi) is 4.84. The van der Waals surface area contributed by atoms with Crippen LogP contribution in [0.4, 0.5) is 4.79 Å². The van der Waals surface area contributed by atoms with Crippen LogP contribution in [0.15, 0.2) is 72.8 Å². The second kappa shape index (κ2) is 7.58. The predicted molar refractivity (Wildman–Crippen MR) is 103 cm³/mol. The van der Waals surface area contributed by atoms with E-state index in [4.69, 9.17) is 4.74 Å². The number of hydrogen-bond acceptors (Lipinski definition) is 3. The van der Waals surface area contributed by atoms with Crippen molar-refractivity contribution in [3.05, 3.63) is 83.9 Å². The zero-order chi connectivity index (χ0) is 17.8. The summed E-state index contributed by atoms with van der Waals surface area (Å²) in [5, 5.41) is 5.96. The average molecular weight is 346 g/mol. The number of nitrogens with one attached hydrogen (secondary N) is 1. The molecule has 0 bridgehead atoms. The predicted octanol–water partition coefficient (Wildman–Crippen LogP) is 4.12. The van der Waals surface area contributed by atoms with Gasteiger partial charge in [0.15, 0.2) is 0 Å². The zero-order valence-electron chi connectivity index (χ0n) is 14.6. The van der Waals surface area contributed by atoms with Crippen LogP contribution in [-0.2, 0) is 11.3 Å². The number of carbonyl (C=O) groups excluding carboxylic acids is 1. The fraction of sp³-hybridized carbons (Fsp3) is 0.227. The highest BCUT2D eigenvalue weighted by molar-refractivity contribution is 5.83. The van der Waals surface area contributed by atoms with Crippen molar-refractivity contribution >= 4 is 16.9 Å². The average Bonchev–Trinajstić information content (AvgIpc) is 2.72. The van der Waals surface area contributed by atoms with E-state index in [2.05, 4.69) is 35.6 Å². The molecular formula is C22H22N2O2. The van der Waals surface area contributed by atoms with Crippen molar-refractivity contribution in [3.8, 4) is 0 Å². The number of hydrogen-bond donors (Lipinski definition) is 1. The Morgan fingerprint density at radius 2 is 1.77 bits per heavy atom. The number of carbonyl (C=O) groups is 1. The molecule has 1 aliphatic rings. The summed E-state index contributed by atoms with van der Waals surface area (Å²) in [7, 11) is 0. The summed E-state index contributed by atoms with van der Waals surface area (Å²) in [6, 6.07) is 24.7. The maximum atomic E-state index is 12.4. The Morgan fingerprint density at radius 1 is 1.00 bits per heavy atom. The second-order valence-electron chi connectivity index (χ2n) is 6.60. The first-order valence-corrected chi connectivity index (χ1v) is 8.97. The highest BCUT2D eigenvalue weighted by atomic mass is 16.6. The molecule has 4 rings (SSSR count). The third-order valence-corrected chi connectivity index (χ3v) is 4.81. The summed E-state index contributed by atoms with van der Waals surface area (Å²) in [5.74, 6) is 0.